The number of carbonyl (C=O) groups is 2. The predicted molar refractivity (Wildman–Crippen MR) is 105 cm³/mol. The molecule has 0 atom stereocenters. The molecule has 3 aromatic rings. The first-order chi connectivity index (χ1) is 12.4. The Balaban J connectivity index is 1.72. The van der Waals surface area contributed by atoms with E-state index in [-0.39, 0.29) is 17.3 Å². The summed E-state index contributed by atoms with van der Waals surface area (Å²) >= 11 is 4.74. The van der Waals surface area contributed by atoms with Gasteiger partial charge in [-0.1, -0.05) is 45.9 Å². The number of Topliss-reactive ketones (excluding diaryl/α,β-unsaturated/α-hetero) is 2. The Morgan fingerprint density at radius 2 is 1.96 bits per heavy atom. The number of aryl methyl sites for hydroxylation is 1. The van der Waals surface area contributed by atoms with E-state index in [0.29, 0.717) is 27.8 Å². The Kier molecular flexibility index (Phi) is 5.43. The molecule has 0 aliphatic carbocycles. The van der Waals surface area contributed by atoms with Gasteiger partial charge >= 0.3 is 0 Å². The van der Waals surface area contributed by atoms with E-state index in [2.05, 4.69) is 36.1 Å². The number of nitrogens with one attached hydrogen (secondary N) is 2. The molecule has 0 amide bonds. The van der Waals surface area contributed by atoms with Crippen LogP contribution >= 0.6 is 27.7 Å². The molecule has 8 heteroatoms. The normalized spacial score (nSPS) is 10.9. The Morgan fingerprint density at radius 3 is 2.62 bits per heavy atom. The average Bonchev–Trinajstić information content (AvgIpc) is 3.17. The summed E-state index contributed by atoms with van der Waals surface area (Å²) in [4.78, 5) is 31.7. The topological polar surface area (TPSA) is 91.5 Å². The van der Waals surface area contributed by atoms with Crippen molar-refractivity contribution in [2.45, 2.75) is 25.9 Å². The number of hydrogen-bond acceptors (Lipinski definition) is 5. The fourth-order valence-electron chi connectivity index (χ4n) is 2.84. The van der Waals surface area contributed by atoms with E-state index in [1.165, 1.54) is 18.7 Å². The Morgan fingerprint density at radius 1 is 1.23 bits per heavy atom. The molecule has 0 aliphatic rings. The molecule has 0 aliphatic heterocycles. The molecule has 3 rings (SSSR count). The van der Waals surface area contributed by atoms with Gasteiger partial charge in [0.25, 0.3) is 0 Å². The maximum Gasteiger partial charge on any atom is 0.209 e. The molecule has 2 aromatic heterocycles. The van der Waals surface area contributed by atoms with Crippen LogP contribution in [0.25, 0.3) is 11.4 Å². The maximum atomic E-state index is 12.5. The monoisotopic (exact) mass is 432 g/mol. The molecular weight excluding hydrogens is 416 g/mol. The lowest BCUT2D eigenvalue weighted by Crippen LogP contribution is -2.05. The lowest BCUT2D eigenvalue weighted by atomic mass is 10.1. The van der Waals surface area contributed by atoms with Crippen molar-refractivity contribution in [3.8, 4) is 11.4 Å². The fourth-order valence-corrected chi connectivity index (χ4v) is 3.99. The summed E-state index contributed by atoms with van der Waals surface area (Å²) in [5.74, 6) is 0.689. The van der Waals surface area contributed by atoms with E-state index in [1.54, 1.807) is 13.8 Å². The van der Waals surface area contributed by atoms with Crippen molar-refractivity contribution in [2.75, 3.05) is 5.75 Å². The number of halogens is 1. The zero-order valence-electron chi connectivity index (χ0n) is 14.5. The predicted octanol–water partition coefficient (Wildman–Crippen LogP) is 4.36. The van der Waals surface area contributed by atoms with Gasteiger partial charge in [-0.3, -0.25) is 14.7 Å². The molecular formula is C18H17BrN4O2S. The number of H-pyrrole nitrogens is 2. The van der Waals surface area contributed by atoms with E-state index in [9.17, 15) is 9.59 Å². The Labute approximate surface area is 163 Å². The van der Waals surface area contributed by atoms with Crippen molar-refractivity contribution in [3.05, 3.63) is 51.3 Å². The highest BCUT2D eigenvalue weighted by atomic mass is 79.9. The van der Waals surface area contributed by atoms with Crippen LogP contribution in [0.2, 0.25) is 0 Å². The van der Waals surface area contributed by atoms with Crippen LogP contribution in [0, 0.1) is 13.8 Å². The van der Waals surface area contributed by atoms with Gasteiger partial charge < -0.3 is 4.98 Å². The number of benzene rings is 1. The quantitative estimate of drug-likeness (QED) is 0.445. The zero-order chi connectivity index (χ0) is 18.8. The molecule has 0 radical (unpaired) electrons. The van der Waals surface area contributed by atoms with Gasteiger partial charge in [0.2, 0.25) is 5.16 Å². The molecule has 26 heavy (non-hydrogen) atoms. The van der Waals surface area contributed by atoms with Gasteiger partial charge in [0.1, 0.15) is 0 Å². The Hall–Kier alpha value is -2.19. The van der Waals surface area contributed by atoms with Gasteiger partial charge in [0, 0.05) is 21.3 Å². The van der Waals surface area contributed by atoms with Crippen LogP contribution < -0.4 is 0 Å². The lowest BCUT2D eigenvalue weighted by molar-refractivity contribution is 0.101. The molecule has 0 unspecified atom stereocenters. The Bertz CT molecular complexity index is 993. The van der Waals surface area contributed by atoms with Crippen LogP contribution in [0.15, 0.2) is 33.9 Å². The number of thioether (sulfide) groups is 1. The van der Waals surface area contributed by atoms with E-state index in [1.807, 2.05) is 24.3 Å². The first kappa shape index (κ1) is 18.6. The minimum Gasteiger partial charge on any atom is -0.355 e. The summed E-state index contributed by atoms with van der Waals surface area (Å²) in [7, 11) is 0. The molecule has 0 spiro atoms. The fraction of sp³-hybridized carbons (Fsp3) is 0.222. The molecule has 2 N–H and O–H groups in total. The standard InChI is InChI=1S/C18H17BrN4O2S/c1-9-15(11(3)24)10(2)20-16(9)14(25)8-26-18-21-17(22-23-18)12-6-4-5-7-13(12)19/h4-7,20H,8H2,1-3H3,(H,21,22,23). The van der Waals surface area contributed by atoms with Crippen LogP contribution in [-0.4, -0.2) is 37.5 Å². The maximum absolute atomic E-state index is 12.5. The average molecular weight is 433 g/mol. The van der Waals surface area contributed by atoms with E-state index in [4.69, 9.17) is 0 Å². The van der Waals surface area contributed by atoms with E-state index < -0.39 is 0 Å². The number of aromatic amines is 2. The highest BCUT2D eigenvalue weighted by molar-refractivity contribution is 9.10. The SMILES string of the molecule is CC(=O)c1c(C)[nH]c(C(=O)CSc2n[nH]c(-c3ccccc3Br)n2)c1C. The van der Waals surface area contributed by atoms with Gasteiger partial charge in [0.15, 0.2) is 17.4 Å². The molecule has 6 nitrogen and oxygen atoms in total. The largest absolute Gasteiger partial charge is 0.355 e. The van der Waals surface area contributed by atoms with Crippen molar-refractivity contribution in [2.24, 2.45) is 0 Å². The van der Waals surface area contributed by atoms with Crippen molar-refractivity contribution >= 4 is 39.3 Å². The number of nitrogens with zero attached hydrogens (tertiary/aromatic N) is 2. The van der Waals surface area contributed by atoms with Gasteiger partial charge in [0.05, 0.1) is 11.4 Å². The number of hydrogen-bond donors (Lipinski definition) is 2. The van der Waals surface area contributed by atoms with Crippen LogP contribution in [0.1, 0.15) is 39.0 Å². The highest BCUT2D eigenvalue weighted by Gasteiger charge is 2.20. The summed E-state index contributed by atoms with van der Waals surface area (Å²) in [6.45, 7) is 5.09. The first-order valence-corrected chi connectivity index (χ1v) is 9.69. The smallest absolute Gasteiger partial charge is 0.209 e. The summed E-state index contributed by atoms with van der Waals surface area (Å²) in [6.07, 6.45) is 0. The second-order valence-corrected chi connectivity index (χ2v) is 7.64. The van der Waals surface area contributed by atoms with Crippen LogP contribution in [0.4, 0.5) is 0 Å². The number of rotatable bonds is 6. The molecule has 0 saturated heterocycles. The van der Waals surface area contributed by atoms with Crippen molar-refractivity contribution in [1.29, 1.82) is 0 Å². The van der Waals surface area contributed by atoms with Gasteiger partial charge in [-0.2, -0.15) is 0 Å². The minimum absolute atomic E-state index is 0.0463. The number of ketones is 2. The first-order valence-electron chi connectivity index (χ1n) is 7.92. The second kappa shape index (κ2) is 7.59. The molecule has 134 valence electrons. The number of aromatic nitrogens is 4. The second-order valence-electron chi connectivity index (χ2n) is 5.84. The van der Waals surface area contributed by atoms with E-state index >= 15 is 0 Å². The summed E-state index contributed by atoms with van der Waals surface area (Å²) in [5, 5.41) is 7.55. The zero-order valence-corrected chi connectivity index (χ0v) is 16.9. The highest BCUT2D eigenvalue weighted by Crippen LogP contribution is 2.27. The molecule has 2 heterocycles. The van der Waals surface area contributed by atoms with Gasteiger partial charge in [-0.05, 0) is 32.4 Å². The minimum atomic E-state index is -0.0876. The summed E-state index contributed by atoms with van der Waals surface area (Å²) in [5.41, 5.74) is 3.39. The van der Waals surface area contributed by atoms with Crippen molar-refractivity contribution < 1.29 is 9.59 Å². The van der Waals surface area contributed by atoms with Gasteiger partial charge in [-0.25, -0.2) is 4.98 Å². The molecule has 0 bridgehead atoms. The van der Waals surface area contributed by atoms with Crippen molar-refractivity contribution in [1.82, 2.24) is 20.2 Å². The van der Waals surface area contributed by atoms with Crippen LogP contribution in [0.3, 0.4) is 0 Å². The van der Waals surface area contributed by atoms with Crippen LogP contribution in [-0.2, 0) is 0 Å². The van der Waals surface area contributed by atoms with Crippen LogP contribution in [0.5, 0.6) is 0 Å². The lowest BCUT2D eigenvalue weighted by Gasteiger charge is -1.99. The molecule has 0 saturated carbocycles. The van der Waals surface area contributed by atoms with Gasteiger partial charge in [-0.15, -0.1) is 5.10 Å². The number of carbonyl (C=O) groups excluding carboxylic acids is 2. The molecule has 1 aromatic carbocycles. The third kappa shape index (κ3) is 3.66. The third-order valence-corrected chi connectivity index (χ3v) is 5.53. The summed E-state index contributed by atoms with van der Waals surface area (Å²) < 4.78 is 0.915. The third-order valence-electron chi connectivity index (χ3n) is 3.99. The molecule has 0 fully saturated rings. The van der Waals surface area contributed by atoms with E-state index in [0.717, 1.165) is 15.7 Å². The summed E-state index contributed by atoms with van der Waals surface area (Å²) in [6, 6.07) is 7.70. The van der Waals surface area contributed by atoms with Crippen molar-refractivity contribution in [3.63, 3.8) is 0 Å².